The molecule has 0 aromatic heterocycles. The predicted octanol–water partition coefficient (Wildman–Crippen LogP) is 6.73. The minimum Gasteiger partial charge on any atom is -0.497 e. The average Bonchev–Trinajstić information content (AvgIpc) is 3.06. The zero-order chi connectivity index (χ0) is 30.0. The normalized spacial score (nSPS) is 15.8. The van der Waals surface area contributed by atoms with Crippen molar-refractivity contribution in [3.63, 3.8) is 0 Å². The molecule has 1 aliphatic heterocycles. The number of carbonyl (C=O) groups is 1. The van der Waals surface area contributed by atoms with E-state index in [2.05, 4.69) is 0 Å². The van der Waals surface area contributed by atoms with Gasteiger partial charge < -0.3 is 24.1 Å². The molecule has 6 rings (SSSR count). The van der Waals surface area contributed by atoms with E-state index in [4.69, 9.17) is 18.9 Å². The largest absolute Gasteiger partial charge is 0.497 e. The molecule has 0 amide bonds. The van der Waals surface area contributed by atoms with E-state index in [0.717, 1.165) is 33.0 Å². The second-order valence-corrected chi connectivity index (χ2v) is 10.5. The Kier molecular flexibility index (Phi) is 7.74. The van der Waals surface area contributed by atoms with Crippen LogP contribution in [0.4, 0.5) is 4.39 Å². The van der Waals surface area contributed by atoms with E-state index in [1.54, 1.807) is 19.2 Å². The fraction of sp³-hybridized carbons (Fsp3) is 0.194. The van der Waals surface area contributed by atoms with Crippen LogP contribution in [-0.2, 0) is 16.6 Å². The number of hydrogen-bond donors (Lipinski definition) is 1. The molecule has 1 N–H and O–H groups in total. The minimum atomic E-state index is -0.765. The Labute approximate surface area is 249 Å². The lowest BCUT2D eigenvalue weighted by molar-refractivity contribution is 0.0598. The zero-order valence-electron chi connectivity index (χ0n) is 23.9. The molecule has 1 aliphatic rings. The van der Waals surface area contributed by atoms with Gasteiger partial charge in [-0.05, 0) is 64.9 Å². The van der Waals surface area contributed by atoms with Crippen molar-refractivity contribution in [1.29, 1.82) is 0 Å². The molecule has 0 radical (unpaired) electrons. The van der Waals surface area contributed by atoms with Crippen LogP contribution in [-0.4, -0.2) is 45.1 Å². The molecular weight excluding hydrogens is 547 g/mol. The fourth-order valence-corrected chi connectivity index (χ4v) is 6.07. The van der Waals surface area contributed by atoms with Crippen LogP contribution >= 0.6 is 0 Å². The summed E-state index contributed by atoms with van der Waals surface area (Å²) >= 11 is 0. The number of esters is 1. The summed E-state index contributed by atoms with van der Waals surface area (Å²) in [5.74, 6) is 1.14. The van der Waals surface area contributed by atoms with Crippen LogP contribution in [0.5, 0.6) is 17.2 Å². The number of methoxy groups -OCH3 is 2. The average molecular weight is 579 g/mol. The van der Waals surface area contributed by atoms with E-state index >= 15 is 0 Å². The third-order valence-electron chi connectivity index (χ3n) is 8.14. The van der Waals surface area contributed by atoms with Crippen molar-refractivity contribution < 1.29 is 33.2 Å². The highest BCUT2D eigenvalue weighted by atomic mass is 19.1. The van der Waals surface area contributed by atoms with Crippen molar-refractivity contribution in [3.8, 4) is 28.4 Å². The lowest BCUT2D eigenvalue weighted by Crippen LogP contribution is -2.41. The third kappa shape index (κ3) is 5.06. The molecule has 0 spiro atoms. The summed E-state index contributed by atoms with van der Waals surface area (Å²) in [6.07, 6.45) is 0.392. The number of carbonyl (C=O) groups excluding carboxylic acids is 1. The summed E-state index contributed by atoms with van der Waals surface area (Å²) in [6, 6.07) is 29.5. The second-order valence-electron chi connectivity index (χ2n) is 10.5. The van der Waals surface area contributed by atoms with Crippen LogP contribution in [0.25, 0.3) is 21.9 Å². The topological polar surface area (TPSA) is 74.2 Å². The summed E-state index contributed by atoms with van der Waals surface area (Å²) < 4.78 is 37.2. The summed E-state index contributed by atoms with van der Waals surface area (Å²) in [5, 5.41) is 10.9. The summed E-state index contributed by atoms with van der Waals surface area (Å²) in [5.41, 5.74) is 3.72. The molecule has 1 atom stereocenters. The zero-order valence-corrected chi connectivity index (χ0v) is 23.9. The molecule has 0 fully saturated rings. The van der Waals surface area contributed by atoms with E-state index in [1.165, 1.54) is 19.2 Å². The number of fused-ring (bicyclic) bond motifs is 3. The molecule has 1 unspecified atom stereocenters. The van der Waals surface area contributed by atoms with Crippen LogP contribution in [0, 0.1) is 5.82 Å². The molecule has 5 aromatic carbocycles. The van der Waals surface area contributed by atoms with E-state index < -0.39 is 11.4 Å². The SMILES string of the molecule is COC(=O)c1c2c(c3ccccc3c1-c1ccc(OC)cc1)OCC(c1ccc(F)cc1)(c1ccc(OCCO)cc1)C2. The Hall–Kier alpha value is -4.88. The Balaban J connectivity index is 1.61. The number of aliphatic hydroxyl groups is 1. The van der Waals surface area contributed by atoms with Crippen molar-refractivity contribution >= 4 is 16.7 Å². The maximum absolute atomic E-state index is 14.1. The minimum absolute atomic E-state index is 0.0906. The van der Waals surface area contributed by atoms with E-state index in [0.29, 0.717) is 34.8 Å². The summed E-state index contributed by atoms with van der Waals surface area (Å²) in [7, 11) is 2.99. The number of aliphatic hydroxyl groups excluding tert-OH is 1. The first kappa shape index (κ1) is 28.2. The van der Waals surface area contributed by atoms with Crippen LogP contribution in [0.15, 0.2) is 97.1 Å². The molecule has 0 saturated heterocycles. The van der Waals surface area contributed by atoms with Gasteiger partial charge in [0.05, 0.1) is 31.8 Å². The van der Waals surface area contributed by atoms with Gasteiger partial charge in [-0.2, -0.15) is 0 Å². The monoisotopic (exact) mass is 578 g/mol. The highest BCUT2D eigenvalue weighted by Crippen LogP contribution is 2.49. The number of halogens is 1. The van der Waals surface area contributed by atoms with Gasteiger partial charge in [-0.25, -0.2) is 9.18 Å². The Morgan fingerprint density at radius 1 is 0.860 bits per heavy atom. The molecule has 0 bridgehead atoms. The fourth-order valence-electron chi connectivity index (χ4n) is 6.07. The standard InChI is InChI=1S/C36H31FO6/c1-40-27-15-7-23(8-16-27)32-29-5-3-4-6-30(29)34-31(33(32)35(39)41-2)21-36(22-43-34,24-9-13-26(37)14-10-24)25-11-17-28(18-12-25)42-20-19-38/h3-18,38H,19-22H2,1-2H3. The van der Waals surface area contributed by atoms with Crippen LogP contribution in [0.3, 0.4) is 0 Å². The van der Waals surface area contributed by atoms with Gasteiger partial charge in [-0.1, -0.05) is 60.7 Å². The van der Waals surface area contributed by atoms with Gasteiger partial charge in [0.25, 0.3) is 0 Å². The van der Waals surface area contributed by atoms with Gasteiger partial charge >= 0.3 is 5.97 Å². The van der Waals surface area contributed by atoms with Crippen molar-refractivity contribution in [2.45, 2.75) is 11.8 Å². The third-order valence-corrected chi connectivity index (χ3v) is 8.14. The van der Waals surface area contributed by atoms with Crippen molar-refractivity contribution in [3.05, 3.63) is 125 Å². The Morgan fingerprint density at radius 2 is 1.49 bits per heavy atom. The molecule has 7 heteroatoms. The highest BCUT2D eigenvalue weighted by Gasteiger charge is 2.43. The molecule has 0 aliphatic carbocycles. The molecule has 1 heterocycles. The van der Waals surface area contributed by atoms with Crippen LogP contribution in [0.2, 0.25) is 0 Å². The van der Waals surface area contributed by atoms with Gasteiger partial charge in [0.2, 0.25) is 0 Å². The van der Waals surface area contributed by atoms with Crippen LogP contribution < -0.4 is 14.2 Å². The summed E-state index contributed by atoms with van der Waals surface area (Å²) in [6.45, 7) is 0.351. The van der Waals surface area contributed by atoms with Gasteiger partial charge in [0.1, 0.15) is 36.3 Å². The molecular formula is C36H31FO6. The van der Waals surface area contributed by atoms with Crippen molar-refractivity contribution in [2.24, 2.45) is 0 Å². The first-order chi connectivity index (χ1) is 21.0. The number of ether oxygens (including phenoxy) is 4. The van der Waals surface area contributed by atoms with E-state index in [1.807, 2.05) is 72.8 Å². The maximum atomic E-state index is 14.1. The smallest absolute Gasteiger partial charge is 0.338 e. The van der Waals surface area contributed by atoms with Crippen molar-refractivity contribution in [1.82, 2.24) is 0 Å². The molecule has 0 saturated carbocycles. The van der Waals surface area contributed by atoms with Crippen molar-refractivity contribution in [2.75, 3.05) is 34.0 Å². The first-order valence-corrected chi connectivity index (χ1v) is 14.0. The van der Waals surface area contributed by atoms with Crippen LogP contribution in [0.1, 0.15) is 27.0 Å². The predicted molar refractivity (Wildman–Crippen MR) is 163 cm³/mol. The summed E-state index contributed by atoms with van der Waals surface area (Å²) in [4.78, 5) is 13.7. The molecule has 43 heavy (non-hydrogen) atoms. The quantitative estimate of drug-likeness (QED) is 0.206. The van der Waals surface area contributed by atoms with Gasteiger partial charge in [-0.3, -0.25) is 0 Å². The van der Waals surface area contributed by atoms with E-state index in [-0.39, 0.29) is 25.6 Å². The maximum Gasteiger partial charge on any atom is 0.338 e. The van der Waals surface area contributed by atoms with E-state index in [9.17, 15) is 14.3 Å². The number of benzene rings is 5. The van der Waals surface area contributed by atoms with Gasteiger partial charge in [0.15, 0.2) is 0 Å². The number of hydrogen-bond acceptors (Lipinski definition) is 6. The molecule has 218 valence electrons. The highest BCUT2D eigenvalue weighted by molar-refractivity contribution is 6.12. The lowest BCUT2D eigenvalue weighted by Gasteiger charge is -2.40. The Morgan fingerprint density at radius 3 is 2.12 bits per heavy atom. The second kappa shape index (κ2) is 11.8. The van der Waals surface area contributed by atoms with Gasteiger partial charge in [0, 0.05) is 16.5 Å². The lowest BCUT2D eigenvalue weighted by atomic mass is 9.68. The number of rotatable bonds is 8. The molecule has 5 aromatic rings. The first-order valence-electron chi connectivity index (χ1n) is 14.0. The van der Waals surface area contributed by atoms with Gasteiger partial charge in [-0.15, -0.1) is 0 Å². The Bertz CT molecular complexity index is 1760. The molecule has 6 nitrogen and oxygen atoms in total.